The zero-order valence-electron chi connectivity index (χ0n) is 16.2. The van der Waals surface area contributed by atoms with E-state index in [2.05, 4.69) is 127 Å². The lowest BCUT2D eigenvalue weighted by molar-refractivity contribution is 1.42. The predicted octanol–water partition coefficient (Wildman–Crippen LogP) is 5.25. The van der Waals surface area contributed by atoms with Gasteiger partial charge in [-0.1, -0.05) is 123 Å². The molecule has 0 spiro atoms. The minimum absolute atomic E-state index is 0.217. The zero-order valence-corrected chi connectivity index (χ0v) is 17.8. The Kier molecular flexibility index (Phi) is 5.50. The summed E-state index contributed by atoms with van der Waals surface area (Å²) in [5, 5.41) is 0. The zero-order chi connectivity index (χ0) is 19.5. The lowest BCUT2D eigenvalue weighted by Crippen LogP contribution is -2.54. The van der Waals surface area contributed by atoms with E-state index >= 15 is 0 Å². The SMILES string of the molecule is Cc1ccc(-c2cccc(Br)c2)c(C)c1B(c1ccccc1)c1ccccc1. The summed E-state index contributed by atoms with van der Waals surface area (Å²) in [4.78, 5) is 0. The fourth-order valence-electron chi connectivity index (χ4n) is 4.09. The van der Waals surface area contributed by atoms with Crippen LogP contribution in [0.4, 0.5) is 0 Å². The molecule has 0 N–H and O–H groups in total. The number of benzene rings is 4. The van der Waals surface area contributed by atoms with E-state index in [0.29, 0.717) is 0 Å². The van der Waals surface area contributed by atoms with Crippen molar-refractivity contribution in [3.05, 3.63) is 113 Å². The van der Waals surface area contributed by atoms with Gasteiger partial charge in [0.15, 0.2) is 0 Å². The molecule has 4 rings (SSSR count). The Labute approximate surface area is 176 Å². The van der Waals surface area contributed by atoms with Gasteiger partial charge in [-0.15, -0.1) is 0 Å². The van der Waals surface area contributed by atoms with E-state index < -0.39 is 0 Å². The van der Waals surface area contributed by atoms with E-state index in [4.69, 9.17) is 0 Å². The molecule has 136 valence electrons. The Hall–Kier alpha value is -2.58. The highest BCUT2D eigenvalue weighted by Gasteiger charge is 2.25. The van der Waals surface area contributed by atoms with Gasteiger partial charge < -0.3 is 0 Å². The van der Waals surface area contributed by atoms with Crippen LogP contribution < -0.4 is 16.4 Å². The molecule has 0 aliphatic carbocycles. The summed E-state index contributed by atoms with van der Waals surface area (Å²) in [6.07, 6.45) is 0. The van der Waals surface area contributed by atoms with E-state index in [1.807, 2.05) is 0 Å². The molecule has 0 saturated carbocycles. The Morgan fingerprint density at radius 1 is 0.643 bits per heavy atom. The molecule has 4 aromatic carbocycles. The third-order valence-electron chi connectivity index (χ3n) is 5.42. The fourth-order valence-corrected chi connectivity index (χ4v) is 4.49. The minimum atomic E-state index is 0.217. The normalized spacial score (nSPS) is 10.7. The Morgan fingerprint density at radius 3 is 1.82 bits per heavy atom. The van der Waals surface area contributed by atoms with Gasteiger partial charge in [0.25, 0.3) is 0 Å². The summed E-state index contributed by atoms with van der Waals surface area (Å²) in [6, 6.07) is 34.7. The van der Waals surface area contributed by atoms with Crippen LogP contribution in [0.5, 0.6) is 0 Å². The number of hydrogen-bond donors (Lipinski definition) is 0. The standard InChI is InChI=1S/C26H22BBr/c1-19-16-17-25(21-10-9-15-24(28)18-21)20(2)26(19)27(22-11-5-3-6-12-22)23-13-7-4-8-14-23/h3-18H,1-2H3. The Morgan fingerprint density at radius 2 is 1.25 bits per heavy atom. The van der Waals surface area contributed by atoms with Gasteiger partial charge in [-0.05, 0) is 42.7 Å². The maximum atomic E-state index is 3.62. The van der Waals surface area contributed by atoms with E-state index in [9.17, 15) is 0 Å². The van der Waals surface area contributed by atoms with Gasteiger partial charge in [0.2, 0.25) is 6.71 Å². The summed E-state index contributed by atoms with van der Waals surface area (Å²) >= 11 is 3.62. The molecule has 0 unspecified atom stereocenters. The lowest BCUT2D eigenvalue weighted by Gasteiger charge is -2.22. The topological polar surface area (TPSA) is 0 Å². The summed E-state index contributed by atoms with van der Waals surface area (Å²) in [5.74, 6) is 0. The Bertz CT molecular complexity index is 1050. The second-order valence-corrected chi connectivity index (χ2v) is 8.15. The summed E-state index contributed by atoms with van der Waals surface area (Å²) in [6.45, 7) is 4.71. The second kappa shape index (κ2) is 8.20. The van der Waals surface area contributed by atoms with Crippen molar-refractivity contribution < 1.29 is 0 Å². The molecule has 0 aromatic heterocycles. The number of rotatable bonds is 4. The maximum absolute atomic E-state index is 3.62. The maximum Gasteiger partial charge on any atom is 0.241 e. The van der Waals surface area contributed by atoms with Crippen molar-refractivity contribution in [2.24, 2.45) is 0 Å². The van der Waals surface area contributed by atoms with Crippen molar-refractivity contribution in [2.45, 2.75) is 13.8 Å². The van der Waals surface area contributed by atoms with Crippen LogP contribution in [-0.4, -0.2) is 6.71 Å². The fraction of sp³-hybridized carbons (Fsp3) is 0.0769. The van der Waals surface area contributed by atoms with Crippen molar-refractivity contribution in [2.75, 3.05) is 0 Å². The van der Waals surface area contributed by atoms with Crippen LogP contribution in [0.1, 0.15) is 11.1 Å². The van der Waals surface area contributed by atoms with Gasteiger partial charge >= 0.3 is 0 Å². The monoisotopic (exact) mass is 424 g/mol. The molecule has 2 heteroatoms. The van der Waals surface area contributed by atoms with Crippen molar-refractivity contribution in [1.29, 1.82) is 0 Å². The second-order valence-electron chi connectivity index (χ2n) is 7.23. The van der Waals surface area contributed by atoms with E-state index in [0.717, 1.165) is 4.47 Å². The van der Waals surface area contributed by atoms with Crippen molar-refractivity contribution in [1.82, 2.24) is 0 Å². The van der Waals surface area contributed by atoms with Crippen LogP contribution in [0.2, 0.25) is 0 Å². The van der Waals surface area contributed by atoms with Crippen molar-refractivity contribution in [3.8, 4) is 11.1 Å². The van der Waals surface area contributed by atoms with Crippen molar-refractivity contribution >= 4 is 39.0 Å². The van der Waals surface area contributed by atoms with Gasteiger partial charge in [0.1, 0.15) is 0 Å². The molecule has 0 bridgehead atoms. The molecule has 0 aliphatic rings. The molecule has 0 fully saturated rings. The molecule has 0 nitrogen and oxygen atoms in total. The average Bonchev–Trinajstić information content (AvgIpc) is 2.72. The molecule has 0 aliphatic heterocycles. The first-order chi connectivity index (χ1) is 13.6. The third-order valence-corrected chi connectivity index (χ3v) is 5.92. The first-order valence-electron chi connectivity index (χ1n) is 9.61. The number of aryl methyl sites for hydroxylation is 1. The van der Waals surface area contributed by atoms with Gasteiger partial charge in [0.05, 0.1) is 0 Å². The van der Waals surface area contributed by atoms with Gasteiger partial charge in [-0.25, -0.2) is 0 Å². The highest BCUT2D eigenvalue weighted by Crippen LogP contribution is 2.26. The summed E-state index contributed by atoms with van der Waals surface area (Å²) < 4.78 is 1.11. The largest absolute Gasteiger partial charge is 0.241 e. The van der Waals surface area contributed by atoms with Crippen LogP contribution in [0.25, 0.3) is 11.1 Å². The first kappa shape index (κ1) is 18.8. The molecule has 0 saturated heterocycles. The highest BCUT2D eigenvalue weighted by atomic mass is 79.9. The van der Waals surface area contributed by atoms with Crippen LogP contribution in [0.15, 0.2) is 102 Å². The molecule has 4 aromatic rings. The average molecular weight is 425 g/mol. The number of hydrogen-bond acceptors (Lipinski definition) is 0. The molecule has 0 heterocycles. The highest BCUT2D eigenvalue weighted by molar-refractivity contribution is 9.10. The molecular weight excluding hydrogens is 403 g/mol. The van der Waals surface area contributed by atoms with E-state index in [1.165, 1.54) is 38.6 Å². The summed E-state index contributed by atoms with van der Waals surface area (Å²) in [7, 11) is 0. The molecule has 0 amide bonds. The van der Waals surface area contributed by atoms with Crippen molar-refractivity contribution in [3.63, 3.8) is 0 Å². The predicted molar refractivity (Wildman–Crippen MR) is 127 cm³/mol. The molecule has 0 radical (unpaired) electrons. The van der Waals surface area contributed by atoms with Crippen LogP contribution in [-0.2, 0) is 0 Å². The molecule has 0 atom stereocenters. The molecular formula is C26H22BBr. The van der Waals surface area contributed by atoms with E-state index in [1.54, 1.807) is 0 Å². The molecule has 28 heavy (non-hydrogen) atoms. The third kappa shape index (κ3) is 3.70. The van der Waals surface area contributed by atoms with E-state index in [-0.39, 0.29) is 6.71 Å². The van der Waals surface area contributed by atoms with Gasteiger partial charge in [-0.2, -0.15) is 0 Å². The smallest absolute Gasteiger partial charge is 0.0686 e. The lowest BCUT2D eigenvalue weighted by atomic mass is 9.35. The van der Waals surface area contributed by atoms with Gasteiger partial charge in [0, 0.05) is 4.47 Å². The first-order valence-corrected chi connectivity index (χ1v) is 10.4. The minimum Gasteiger partial charge on any atom is -0.0686 e. The Balaban J connectivity index is 1.96. The van der Waals surface area contributed by atoms with Gasteiger partial charge in [-0.3, -0.25) is 0 Å². The van der Waals surface area contributed by atoms with Crippen LogP contribution in [0.3, 0.4) is 0 Å². The summed E-state index contributed by atoms with van der Waals surface area (Å²) in [5.41, 5.74) is 9.25. The van der Waals surface area contributed by atoms with Crippen LogP contribution in [0, 0.1) is 13.8 Å². The quantitative estimate of drug-likeness (QED) is 0.392. The van der Waals surface area contributed by atoms with Crippen LogP contribution >= 0.6 is 15.9 Å². The number of halogens is 1.